The minimum absolute atomic E-state index is 0.0337. The van der Waals surface area contributed by atoms with Gasteiger partial charge in [-0.3, -0.25) is 9.59 Å². The van der Waals surface area contributed by atoms with Gasteiger partial charge in [0.15, 0.2) is 0 Å². The summed E-state index contributed by atoms with van der Waals surface area (Å²) in [6, 6.07) is 0. The summed E-state index contributed by atoms with van der Waals surface area (Å²) in [6.07, 6.45) is 13.0. The molecule has 0 bridgehead atoms. The first kappa shape index (κ1) is 24.6. The summed E-state index contributed by atoms with van der Waals surface area (Å²) in [5, 5.41) is 0. The minimum Gasteiger partial charge on any atom is -0.469 e. The Morgan fingerprint density at radius 2 is 1.59 bits per heavy atom. The maximum atomic E-state index is 13.3. The Morgan fingerprint density at radius 1 is 0.912 bits per heavy atom. The van der Waals surface area contributed by atoms with Gasteiger partial charge in [0.05, 0.1) is 12.5 Å². The van der Waals surface area contributed by atoms with E-state index in [1.165, 1.54) is 6.42 Å². The monoisotopic (exact) mass is 468 g/mol. The van der Waals surface area contributed by atoms with Crippen LogP contribution >= 0.6 is 0 Å². The third kappa shape index (κ3) is 2.88. The number of allylic oxidation sites excluding steroid dienone is 2. The van der Waals surface area contributed by atoms with E-state index >= 15 is 0 Å². The molecule has 7 atom stereocenters. The average Bonchev–Trinajstić information content (AvgIpc) is 2.76. The minimum atomic E-state index is -0.334. The van der Waals surface area contributed by atoms with E-state index in [-0.39, 0.29) is 38.5 Å². The summed E-state index contributed by atoms with van der Waals surface area (Å²) in [5.41, 5.74) is 1.84. The highest BCUT2D eigenvalue weighted by molar-refractivity contribution is 5.85. The quantitative estimate of drug-likeness (QED) is 0.295. The predicted octanol–water partition coefficient (Wildman–Crippen LogP) is 7.53. The molecule has 5 rings (SSSR count). The summed E-state index contributed by atoms with van der Waals surface area (Å²) in [6.45, 7) is 16.9. The van der Waals surface area contributed by atoms with Gasteiger partial charge < -0.3 is 4.74 Å². The molecule has 0 aromatic carbocycles. The van der Waals surface area contributed by atoms with Gasteiger partial charge in [-0.1, -0.05) is 60.1 Å². The highest BCUT2D eigenvalue weighted by atomic mass is 16.5. The maximum absolute atomic E-state index is 13.3. The van der Waals surface area contributed by atoms with Crippen molar-refractivity contribution < 1.29 is 14.3 Å². The number of ether oxygens (including phenoxy) is 1. The SMILES string of the molecule is COC(=O)[C@]12CCC(C)(C)C[C@H]1C1=CC[C@H]3[C@@]4(C)CCC(=O)C(C)(C)[C@@H]4CC[C@@]3(C)[C@]1(C)CC2. The zero-order valence-electron chi connectivity index (χ0n) is 23.1. The Kier molecular flexibility index (Phi) is 5.22. The molecule has 3 nitrogen and oxygen atoms in total. The smallest absolute Gasteiger partial charge is 0.312 e. The number of hydrogen-bond acceptors (Lipinski definition) is 3. The van der Waals surface area contributed by atoms with E-state index in [9.17, 15) is 9.59 Å². The van der Waals surface area contributed by atoms with Gasteiger partial charge in [-0.2, -0.15) is 0 Å². The van der Waals surface area contributed by atoms with E-state index < -0.39 is 0 Å². The first-order valence-corrected chi connectivity index (χ1v) is 14.0. The standard InChI is InChI=1S/C31H48O3/c1-26(2)15-17-31(25(33)34-8)18-16-29(6)20(21(31)19-26)9-10-23-28(5)13-12-24(32)27(3,4)22(28)11-14-30(23,29)7/h9,21-23H,10-19H2,1-8H3/t21-,22-,23-,28-,29+,30+,31-/m0/s1. The molecule has 0 amide bonds. The van der Waals surface area contributed by atoms with Gasteiger partial charge in [0.25, 0.3) is 0 Å². The fraction of sp³-hybridized carbons (Fsp3) is 0.871. The fourth-order valence-corrected chi connectivity index (χ4v) is 10.6. The van der Waals surface area contributed by atoms with Crippen molar-refractivity contribution in [3.8, 4) is 0 Å². The first-order chi connectivity index (χ1) is 15.7. The molecule has 0 unspecified atom stereocenters. The average molecular weight is 469 g/mol. The molecule has 0 radical (unpaired) electrons. The van der Waals surface area contributed by atoms with E-state index in [4.69, 9.17) is 4.74 Å². The number of ketones is 1. The van der Waals surface area contributed by atoms with Gasteiger partial charge in [0.1, 0.15) is 5.78 Å². The van der Waals surface area contributed by atoms with E-state index in [2.05, 4.69) is 54.5 Å². The van der Waals surface area contributed by atoms with Gasteiger partial charge in [-0.25, -0.2) is 0 Å². The molecule has 0 aromatic rings. The van der Waals surface area contributed by atoms with Crippen LogP contribution < -0.4 is 0 Å². The Balaban J connectivity index is 1.60. The fourth-order valence-electron chi connectivity index (χ4n) is 10.6. The summed E-state index contributed by atoms with van der Waals surface area (Å²) >= 11 is 0. The molecule has 190 valence electrons. The number of rotatable bonds is 1. The molecule has 0 N–H and O–H groups in total. The number of methoxy groups -OCH3 is 1. The number of carbonyl (C=O) groups excluding carboxylic acids is 2. The lowest BCUT2D eigenvalue weighted by molar-refractivity contribution is -0.190. The van der Waals surface area contributed by atoms with Crippen LogP contribution in [0.3, 0.4) is 0 Å². The predicted molar refractivity (Wildman–Crippen MR) is 136 cm³/mol. The van der Waals surface area contributed by atoms with Crippen LogP contribution in [0, 0.1) is 50.2 Å². The van der Waals surface area contributed by atoms with Crippen LogP contribution in [0.2, 0.25) is 0 Å². The van der Waals surface area contributed by atoms with Crippen LogP contribution in [0.25, 0.3) is 0 Å². The molecule has 3 heteroatoms. The molecule has 4 fully saturated rings. The number of hydrogen-bond donors (Lipinski definition) is 0. The zero-order chi connectivity index (χ0) is 24.9. The van der Waals surface area contributed by atoms with Crippen LogP contribution in [0.15, 0.2) is 11.6 Å². The largest absolute Gasteiger partial charge is 0.469 e. The lowest BCUT2D eigenvalue weighted by Crippen LogP contribution is -2.64. The van der Waals surface area contributed by atoms with Gasteiger partial charge in [0.2, 0.25) is 0 Å². The molecule has 5 aliphatic carbocycles. The van der Waals surface area contributed by atoms with Crippen molar-refractivity contribution in [1.29, 1.82) is 0 Å². The zero-order valence-corrected chi connectivity index (χ0v) is 23.1. The molecule has 34 heavy (non-hydrogen) atoms. The molecule has 4 saturated carbocycles. The maximum Gasteiger partial charge on any atom is 0.312 e. The number of carbonyl (C=O) groups is 2. The molecular weight excluding hydrogens is 420 g/mol. The van der Waals surface area contributed by atoms with E-state index in [0.29, 0.717) is 23.5 Å². The van der Waals surface area contributed by atoms with E-state index in [1.54, 1.807) is 12.7 Å². The Bertz CT molecular complexity index is 942. The van der Waals surface area contributed by atoms with Crippen molar-refractivity contribution in [3.05, 3.63) is 11.6 Å². The lowest BCUT2D eigenvalue weighted by atomic mass is 9.33. The molecule has 0 aliphatic heterocycles. The summed E-state index contributed by atoms with van der Waals surface area (Å²) < 4.78 is 5.48. The highest BCUT2D eigenvalue weighted by Crippen LogP contribution is 2.75. The van der Waals surface area contributed by atoms with Crippen molar-refractivity contribution in [2.24, 2.45) is 50.2 Å². The third-order valence-corrected chi connectivity index (χ3v) is 13.0. The van der Waals surface area contributed by atoms with Crippen molar-refractivity contribution in [2.45, 2.75) is 113 Å². The van der Waals surface area contributed by atoms with Crippen LogP contribution in [0.1, 0.15) is 113 Å². The van der Waals surface area contributed by atoms with Crippen LogP contribution in [0.4, 0.5) is 0 Å². The Morgan fingerprint density at radius 3 is 2.26 bits per heavy atom. The van der Waals surface area contributed by atoms with E-state index in [0.717, 1.165) is 57.8 Å². The normalized spacial score (nSPS) is 49.0. The van der Waals surface area contributed by atoms with Crippen molar-refractivity contribution >= 4 is 11.8 Å². The van der Waals surface area contributed by atoms with Crippen LogP contribution in [-0.2, 0) is 14.3 Å². The lowest BCUT2D eigenvalue weighted by Gasteiger charge is -2.70. The van der Waals surface area contributed by atoms with Crippen molar-refractivity contribution in [2.75, 3.05) is 7.11 Å². The van der Waals surface area contributed by atoms with Gasteiger partial charge in [0, 0.05) is 11.8 Å². The number of Topliss-reactive ketones (excluding diaryl/α,β-unsaturated/α-hetero) is 1. The van der Waals surface area contributed by atoms with Gasteiger partial charge >= 0.3 is 5.97 Å². The molecule has 5 aliphatic rings. The molecule has 0 heterocycles. The van der Waals surface area contributed by atoms with Crippen LogP contribution in [-0.4, -0.2) is 18.9 Å². The second kappa shape index (κ2) is 7.22. The van der Waals surface area contributed by atoms with Crippen LogP contribution in [0.5, 0.6) is 0 Å². The van der Waals surface area contributed by atoms with Crippen molar-refractivity contribution in [1.82, 2.24) is 0 Å². The topological polar surface area (TPSA) is 43.4 Å². The number of esters is 1. The number of fused-ring (bicyclic) bond motifs is 7. The van der Waals surface area contributed by atoms with Gasteiger partial charge in [-0.15, -0.1) is 0 Å². The van der Waals surface area contributed by atoms with Crippen molar-refractivity contribution in [3.63, 3.8) is 0 Å². The first-order valence-electron chi connectivity index (χ1n) is 14.0. The molecular formula is C31H48O3. The second-order valence-corrected chi connectivity index (χ2v) is 15.0. The van der Waals surface area contributed by atoms with E-state index in [1.807, 2.05) is 0 Å². The molecule has 0 saturated heterocycles. The summed E-state index contributed by atoms with van der Waals surface area (Å²) in [7, 11) is 1.59. The Labute approximate surface area is 207 Å². The molecule has 0 aromatic heterocycles. The summed E-state index contributed by atoms with van der Waals surface area (Å²) in [4.78, 5) is 26.3. The third-order valence-electron chi connectivity index (χ3n) is 13.0. The Hall–Kier alpha value is -1.12. The molecule has 0 spiro atoms. The van der Waals surface area contributed by atoms with Gasteiger partial charge in [-0.05, 0) is 97.2 Å². The second-order valence-electron chi connectivity index (χ2n) is 15.0. The highest BCUT2D eigenvalue weighted by Gasteiger charge is 2.69. The summed E-state index contributed by atoms with van der Waals surface area (Å²) in [5.74, 6) is 1.88.